The lowest BCUT2D eigenvalue weighted by atomic mass is 9.86. The standard InChI is InChI=1S/C23H26Cl2N6O/c1-23(12-32-13-23)30-6-4-14(5-7-30)17-9-19-15(8-18(17)24)10-26-22(28-19)29-20-11-27-31(21(20)25)16-2-3-16/h8-11,14,16H,2-7,12-13H2,1H3,(H,26,28,29). The topological polar surface area (TPSA) is 68.1 Å². The predicted octanol–water partition coefficient (Wildman–Crippen LogP) is 5.18. The summed E-state index contributed by atoms with van der Waals surface area (Å²) in [5.74, 6) is 0.945. The van der Waals surface area contributed by atoms with Crippen LogP contribution in [0.15, 0.2) is 24.5 Å². The van der Waals surface area contributed by atoms with Crippen LogP contribution in [0.2, 0.25) is 10.2 Å². The van der Waals surface area contributed by atoms with Crippen LogP contribution in [0.4, 0.5) is 11.6 Å². The number of rotatable bonds is 5. The Kier molecular flexibility index (Phi) is 5.06. The quantitative estimate of drug-likeness (QED) is 0.551. The summed E-state index contributed by atoms with van der Waals surface area (Å²) in [7, 11) is 0. The Hall–Kier alpha value is -1.93. The van der Waals surface area contributed by atoms with Gasteiger partial charge in [-0.15, -0.1) is 0 Å². The maximum atomic E-state index is 6.70. The van der Waals surface area contributed by atoms with Crippen molar-refractivity contribution in [3.63, 3.8) is 0 Å². The zero-order chi connectivity index (χ0) is 21.9. The minimum atomic E-state index is 0.209. The normalized spacial score (nSPS) is 21.6. The lowest BCUT2D eigenvalue weighted by molar-refractivity contribution is -0.136. The van der Waals surface area contributed by atoms with Gasteiger partial charge in [0.05, 0.1) is 42.2 Å². The number of hydrogen-bond acceptors (Lipinski definition) is 6. The molecule has 0 radical (unpaired) electrons. The number of benzene rings is 1. The average molecular weight is 473 g/mol. The number of likely N-dealkylation sites (tertiary alicyclic amines) is 1. The monoisotopic (exact) mass is 472 g/mol. The number of hydrogen-bond donors (Lipinski definition) is 1. The Labute approximate surface area is 197 Å². The number of nitrogens with zero attached hydrogens (tertiary/aromatic N) is 5. The van der Waals surface area contributed by atoms with Gasteiger partial charge in [-0.25, -0.2) is 14.6 Å². The van der Waals surface area contributed by atoms with Crippen molar-refractivity contribution < 1.29 is 4.74 Å². The third-order valence-electron chi connectivity index (χ3n) is 7.10. The van der Waals surface area contributed by atoms with Gasteiger partial charge in [0.2, 0.25) is 5.95 Å². The third-order valence-corrected chi connectivity index (χ3v) is 7.80. The van der Waals surface area contributed by atoms with Crippen molar-refractivity contribution in [3.8, 4) is 0 Å². The number of ether oxygens (including phenoxy) is 1. The first-order chi connectivity index (χ1) is 15.5. The van der Waals surface area contributed by atoms with E-state index in [4.69, 9.17) is 32.9 Å². The fourth-order valence-corrected chi connectivity index (χ4v) is 5.48. The van der Waals surface area contributed by atoms with Crippen LogP contribution in [-0.4, -0.2) is 56.5 Å². The summed E-state index contributed by atoms with van der Waals surface area (Å²) in [6, 6.07) is 4.54. The molecule has 0 atom stereocenters. The Balaban J connectivity index is 1.22. The Morgan fingerprint density at radius 1 is 1.09 bits per heavy atom. The van der Waals surface area contributed by atoms with Crippen LogP contribution in [0.1, 0.15) is 50.1 Å². The summed E-state index contributed by atoms with van der Waals surface area (Å²) in [6.45, 7) is 6.11. The summed E-state index contributed by atoms with van der Waals surface area (Å²) in [6.07, 6.45) is 7.98. The van der Waals surface area contributed by atoms with Gasteiger partial charge in [0, 0.05) is 16.6 Å². The number of piperidine rings is 1. The molecule has 2 aromatic heterocycles. The van der Waals surface area contributed by atoms with Gasteiger partial charge in [-0.2, -0.15) is 5.10 Å². The van der Waals surface area contributed by atoms with Gasteiger partial charge in [0.15, 0.2) is 5.15 Å². The van der Waals surface area contributed by atoms with E-state index >= 15 is 0 Å². The van der Waals surface area contributed by atoms with E-state index in [2.05, 4.69) is 33.3 Å². The number of halogens is 2. The molecular formula is C23H26Cl2N6O. The second-order valence-corrected chi connectivity index (χ2v) is 10.3. The van der Waals surface area contributed by atoms with Crippen LogP contribution in [-0.2, 0) is 4.74 Å². The average Bonchev–Trinajstić information content (AvgIpc) is 3.56. The molecule has 168 valence electrons. The summed E-state index contributed by atoms with van der Waals surface area (Å²) in [5.41, 5.74) is 3.00. The van der Waals surface area contributed by atoms with Gasteiger partial charge < -0.3 is 10.1 Å². The van der Waals surface area contributed by atoms with E-state index in [1.165, 1.54) is 5.56 Å². The van der Waals surface area contributed by atoms with Crippen molar-refractivity contribution in [1.82, 2.24) is 24.6 Å². The fourth-order valence-electron chi connectivity index (χ4n) is 4.88. The molecule has 0 amide bonds. The molecule has 1 aliphatic carbocycles. The van der Waals surface area contributed by atoms with E-state index in [-0.39, 0.29) is 5.54 Å². The first-order valence-corrected chi connectivity index (χ1v) is 12.0. The van der Waals surface area contributed by atoms with Gasteiger partial charge in [-0.05, 0) is 69.3 Å². The molecule has 3 fully saturated rings. The molecule has 2 saturated heterocycles. The predicted molar refractivity (Wildman–Crippen MR) is 126 cm³/mol. The van der Waals surface area contributed by atoms with Crippen molar-refractivity contribution in [2.45, 2.75) is 50.1 Å². The molecule has 32 heavy (non-hydrogen) atoms. The van der Waals surface area contributed by atoms with Crippen LogP contribution in [0.25, 0.3) is 10.9 Å². The minimum absolute atomic E-state index is 0.209. The molecular weight excluding hydrogens is 447 g/mol. The van der Waals surface area contributed by atoms with Gasteiger partial charge >= 0.3 is 0 Å². The number of fused-ring (bicyclic) bond motifs is 1. The van der Waals surface area contributed by atoms with E-state index in [0.717, 1.165) is 73.6 Å². The zero-order valence-corrected chi connectivity index (χ0v) is 19.5. The van der Waals surface area contributed by atoms with Crippen molar-refractivity contribution in [1.29, 1.82) is 0 Å². The molecule has 9 heteroatoms. The van der Waals surface area contributed by atoms with Crippen LogP contribution >= 0.6 is 23.2 Å². The summed E-state index contributed by atoms with van der Waals surface area (Å²) < 4.78 is 7.32. The molecule has 0 spiro atoms. The largest absolute Gasteiger partial charge is 0.377 e. The molecule has 4 heterocycles. The van der Waals surface area contributed by atoms with E-state index in [1.54, 1.807) is 12.4 Å². The molecule has 1 saturated carbocycles. The van der Waals surface area contributed by atoms with E-state index in [9.17, 15) is 0 Å². The van der Waals surface area contributed by atoms with Gasteiger partial charge in [0.1, 0.15) is 0 Å². The first-order valence-electron chi connectivity index (χ1n) is 11.3. The van der Waals surface area contributed by atoms with Crippen LogP contribution in [0.5, 0.6) is 0 Å². The van der Waals surface area contributed by atoms with Crippen LogP contribution in [0.3, 0.4) is 0 Å². The number of aromatic nitrogens is 4. The lowest BCUT2D eigenvalue weighted by Crippen LogP contribution is -2.61. The molecule has 0 bridgehead atoms. The Morgan fingerprint density at radius 2 is 1.88 bits per heavy atom. The SMILES string of the molecule is CC1(N2CCC(c3cc4nc(Nc5cnn(C6CC6)c5Cl)ncc4cc3Cl)CC2)COC1. The molecule has 3 aromatic rings. The highest BCUT2D eigenvalue weighted by atomic mass is 35.5. The zero-order valence-electron chi connectivity index (χ0n) is 18.0. The second-order valence-electron chi connectivity index (χ2n) is 9.53. The molecule has 3 aliphatic rings. The molecule has 0 unspecified atom stereocenters. The lowest BCUT2D eigenvalue weighted by Gasteiger charge is -2.50. The van der Waals surface area contributed by atoms with Gasteiger partial charge in [-0.3, -0.25) is 4.90 Å². The molecule has 6 rings (SSSR count). The maximum Gasteiger partial charge on any atom is 0.227 e. The smallest absolute Gasteiger partial charge is 0.227 e. The number of anilines is 2. The molecule has 2 aliphatic heterocycles. The van der Waals surface area contributed by atoms with E-state index in [1.807, 2.05) is 10.7 Å². The maximum absolute atomic E-state index is 6.70. The van der Waals surface area contributed by atoms with Crippen molar-refractivity contribution in [2.75, 3.05) is 31.6 Å². The number of nitrogens with one attached hydrogen (secondary N) is 1. The molecule has 7 nitrogen and oxygen atoms in total. The van der Waals surface area contributed by atoms with Crippen LogP contribution in [0, 0.1) is 0 Å². The first kappa shape index (κ1) is 20.7. The summed E-state index contributed by atoms with van der Waals surface area (Å²) in [4.78, 5) is 11.8. The van der Waals surface area contributed by atoms with Gasteiger partial charge in [0.25, 0.3) is 0 Å². The highest BCUT2D eigenvalue weighted by Crippen LogP contribution is 2.40. The van der Waals surface area contributed by atoms with Crippen LogP contribution < -0.4 is 5.32 Å². The summed E-state index contributed by atoms with van der Waals surface area (Å²) in [5, 5.41) is 9.95. The van der Waals surface area contributed by atoms with Crippen molar-refractivity contribution in [3.05, 3.63) is 40.3 Å². The highest BCUT2D eigenvalue weighted by molar-refractivity contribution is 6.32. The molecule has 1 N–H and O–H groups in total. The van der Waals surface area contributed by atoms with Crippen molar-refractivity contribution >= 4 is 45.7 Å². The van der Waals surface area contributed by atoms with Gasteiger partial charge in [-0.1, -0.05) is 23.2 Å². The Bertz CT molecular complexity index is 1160. The van der Waals surface area contributed by atoms with E-state index < -0.39 is 0 Å². The second kappa shape index (κ2) is 7.83. The summed E-state index contributed by atoms with van der Waals surface area (Å²) >= 11 is 13.2. The minimum Gasteiger partial charge on any atom is -0.377 e. The third kappa shape index (κ3) is 3.65. The highest BCUT2D eigenvalue weighted by Gasteiger charge is 2.41. The Morgan fingerprint density at radius 3 is 2.56 bits per heavy atom. The molecule has 1 aromatic carbocycles. The van der Waals surface area contributed by atoms with E-state index in [0.29, 0.717) is 23.1 Å². The fraction of sp³-hybridized carbons (Fsp3) is 0.522. The van der Waals surface area contributed by atoms with Crippen molar-refractivity contribution in [2.24, 2.45) is 0 Å².